The number of amides is 1. The SMILES string of the molecule is CC(C)Oc1[nH+]c2c(c(=O)n1-c1ccc(OCC(F)(F)F)c(F)c1)CC(=O)N2. The normalized spacial score (nSPS) is 13.5. The minimum Gasteiger partial charge on any atom is -0.481 e. The summed E-state index contributed by atoms with van der Waals surface area (Å²) >= 11 is 0. The molecule has 0 atom stereocenters. The van der Waals surface area contributed by atoms with Crippen LogP contribution in [-0.4, -0.2) is 29.4 Å². The van der Waals surface area contributed by atoms with Crippen LogP contribution < -0.4 is 25.3 Å². The molecule has 1 aliphatic heterocycles. The first-order valence-corrected chi connectivity index (χ1v) is 8.22. The fourth-order valence-electron chi connectivity index (χ4n) is 2.63. The van der Waals surface area contributed by atoms with Gasteiger partial charge in [-0.1, -0.05) is 0 Å². The number of aromatic nitrogens is 2. The average molecular weight is 402 g/mol. The molecule has 1 aromatic heterocycles. The van der Waals surface area contributed by atoms with E-state index in [1.807, 2.05) is 0 Å². The van der Waals surface area contributed by atoms with Crippen molar-refractivity contribution in [3.8, 4) is 17.4 Å². The molecule has 28 heavy (non-hydrogen) atoms. The van der Waals surface area contributed by atoms with E-state index < -0.39 is 35.8 Å². The highest BCUT2D eigenvalue weighted by molar-refractivity contribution is 5.96. The number of carbonyl (C=O) groups excluding carboxylic acids is 1. The number of nitrogens with one attached hydrogen (secondary N) is 2. The standard InChI is InChI=1S/C17H15F4N3O4/c1-8(2)28-16-23-14-10(6-13(25)22-14)15(26)24(16)9-3-4-12(11(18)5-9)27-7-17(19,20)21/h3-5,8H,6-7H2,1-2H3,(H,22,25)/p+1. The lowest BCUT2D eigenvalue weighted by molar-refractivity contribution is -0.388. The second kappa shape index (κ2) is 7.13. The van der Waals surface area contributed by atoms with Gasteiger partial charge in [0.2, 0.25) is 5.82 Å². The maximum absolute atomic E-state index is 14.2. The first kappa shape index (κ1) is 19.6. The Balaban J connectivity index is 2.05. The molecule has 0 aliphatic carbocycles. The van der Waals surface area contributed by atoms with E-state index >= 15 is 0 Å². The van der Waals surface area contributed by atoms with Gasteiger partial charge < -0.3 is 9.47 Å². The van der Waals surface area contributed by atoms with Crippen LogP contribution in [0, 0.1) is 5.82 Å². The number of hydrogen-bond donors (Lipinski definition) is 1. The number of hydrogen-bond acceptors (Lipinski definition) is 4. The second-order valence-electron chi connectivity index (χ2n) is 6.33. The predicted octanol–water partition coefficient (Wildman–Crippen LogP) is 2.01. The summed E-state index contributed by atoms with van der Waals surface area (Å²) in [5.74, 6) is -1.90. The van der Waals surface area contributed by atoms with E-state index in [4.69, 9.17) is 4.74 Å². The molecular weight excluding hydrogens is 386 g/mol. The van der Waals surface area contributed by atoms with E-state index in [9.17, 15) is 27.2 Å². The smallest absolute Gasteiger partial charge is 0.422 e. The summed E-state index contributed by atoms with van der Waals surface area (Å²) in [4.78, 5) is 27.2. The molecule has 0 bridgehead atoms. The van der Waals surface area contributed by atoms with Gasteiger partial charge >= 0.3 is 17.7 Å². The van der Waals surface area contributed by atoms with Gasteiger partial charge in [-0.05, 0) is 26.0 Å². The molecule has 1 amide bonds. The molecule has 0 saturated heterocycles. The molecular formula is C17H16F4N3O4+. The van der Waals surface area contributed by atoms with Gasteiger partial charge in [0.1, 0.15) is 11.3 Å². The molecule has 2 N–H and O–H groups in total. The summed E-state index contributed by atoms with van der Waals surface area (Å²) in [7, 11) is 0. The maximum atomic E-state index is 14.2. The van der Waals surface area contributed by atoms with Crippen LogP contribution in [0.4, 0.5) is 23.4 Å². The van der Waals surface area contributed by atoms with Gasteiger partial charge in [0, 0.05) is 6.07 Å². The van der Waals surface area contributed by atoms with Crippen LogP contribution in [0.25, 0.3) is 5.69 Å². The van der Waals surface area contributed by atoms with Gasteiger partial charge in [-0.3, -0.25) is 4.79 Å². The zero-order valence-electron chi connectivity index (χ0n) is 14.8. The van der Waals surface area contributed by atoms with Crippen molar-refractivity contribution >= 4 is 11.7 Å². The third-order valence-electron chi connectivity index (χ3n) is 3.71. The van der Waals surface area contributed by atoms with Gasteiger partial charge in [-0.2, -0.15) is 17.7 Å². The van der Waals surface area contributed by atoms with Crippen molar-refractivity contribution in [3.05, 3.63) is 39.9 Å². The summed E-state index contributed by atoms with van der Waals surface area (Å²) in [6, 6.07) is 2.99. The number of aromatic amines is 1. The second-order valence-corrected chi connectivity index (χ2v) is 6.33. The Bertz CT molecular complexity index is 986. The molecule has 1 aliphatic rings. The van der Waals surface area contributed by atoms with Gasteiger partial charge in [0.15, 0.2) is 18.2 Å². The van der Waals surface area contributed by atoms with E-state index in [-0.39, 0.29) is 35.6 Å². The van der Waals surface area contributed by atoms with E-state index in [2.05, 4.69) is 15.0 Å². The number of nitrogens with zero attached hydrogens (tertiary/aromatic N) is 1. The van der Waals surface area contributed by atoms with E-state index in [1.54, 1.807) is 13.8 Å². The Morgan fingerprint density at radius 2 is 2.00 bits per heavy atom. The monoisotopic (exact) mass is 402 g/mol. The molecule has 0 fully saturated rings. The van der Waals surface area contributed by atoms with Crippen LogP contribution in [0.5, 0.6) is 11.8 Å². The zero-order chi connectivity index (χ0) is 20.6. The lowest BCUT2D eigenvalue weighted by Crippen LogP contribution is -2.32. The third kappa shape index (κ3) is 4.07. The molecule has 11 heteroatoms. The minimum absolute atomic E-state index is 0.00379. The molecule has 1 aromatic carbocycles. The summed E-state index contributed by atoms with van der Waals surface area (Å²) in [6.07, 6.45) is -5.15. The highest BCUT2D eigenvalue weighted by Crippen LogP contribution is 2.25. The van der Waals surface area contributed by atoms with Crippen LogP contribution in [0.15, 0.2) is 23.0 Å². The molecule has 2 aromatic rings. The number of benzene rings is 1. The first-order chi connectivity index (χ1) is 13.0. The van der Waals surface area contributed by atoms with Gasteiger partial charge in [-0.15, -0.1) is 0 Å². The Hall–Kier alpha value is -3.11. The highest BCUT2D eigenvalue weighted by atomic mass is 19.4. The van der Waals surface area contributed by atoms with E-state index in [1.165, 1.54) is 6.07 Å². The summed E-state index contributed by atoms with van der Waals surface area (Å²) in [5.41, 5.74) is -0.485. The Kier molecular flexibility index (Phi) is 5.01. The number of rotatable bonds is 5. The summed E-state index contributed by atoms with van der Waals surface area (Å²) in [5, 5.41) is 2.49. The number of halogens is 4. The van der Waals surface area contributed by atoms with Crippen molar-refractivity contribution in [2.75, 3.05) is 11.9 Å². The third-order valence-corrected chi connectivity index (χ3v) is 3.71. The Labute approximate surface area is 155 Å². The summed E-state index contributed by atoms with van der Waals surface area (Å²) in [6.45, 7) is 1.75. The topological polar surface area (TPSA) is 83.7 Å². The lowest BCUT2D eigenvalue weighted by Gasteiger charge is -2.13. The average Bonchev–Trinajstić information content (AvgIpc) is 2.93. The lowest BCUT2D eigenvalue weighted by atomic mass is 10.2. The largest absolute Gasteiger partial charge is 0.481 e. The predicted molar refractivity (Wildman–Crippen MR) is 88.2 cm³/mol. The zero-order valence-corrected chi connectivity index (χ0v) is 14.8. The molecule has 3 rings (SSSR count). The van der Waals surface area contributed by atoms with Crippen molar-refractivity contribution in [1.82, 2.24) is 4.57 Å². The highest BCUT2D eigenvalue weighted by Gasteiger charge is 2.33. The number of fused-ring (bicyclic) bond motifs is 1. The van der Waals surface area contributed by atoms with Gasteiger partial charge in [0.25, 0.3) is 5.91 Å². The molecule has 0 saturated carbocycles. The fraction of sp³-hybridized carbons (Fsp3) is 0.353. The van der Waals surface area contributed by atoms with Crippen molar-refractivity contribution in [1.29, 1.82) is 0 Å². The molecule has 7 nitrogen and oxygen atoms in total. The van der Waals surface area contributed by atoms with Crippen molar-refractivity contribution in [2.45, 2.75) is 32.5 Å². The molecule has 0 spiro atoms. The number of ether oxygens (including phenoxy) is 2. The Morgan fingerprint density at radius 1 is 1.29 bits per heavy atom. The first-order valence-electron chi connectivity index (χ1n) is 8.22. The molecule has 2 heterocycles. The van der Waals surface area contributed by atoms with Crippen molar-refractivity contribution in [3.63, 3.8) is 0 Å². The number of alkyl halides is 3. The van der Waals surface area contributed by atoms with Crippen LogP contribution in [0.3, 0.4) is 0 Å². The Morgan fingerprint density at radius 3 is 2.61 bits per heavy atom. The van der Waals surface area contributed by atoms with Gasteiger partial charge in [-0.25, -0.2) is 19.5 Å². The quantitative estimate of drug-likeness (QED) is 0.776. The fourth-order valence-corrected chi connectivity index (χ4v) is 2.63. The van der Waals surface area contributed by atoms with Crippen LogP contribution in [0.1, 0.15) is 19.4 Å². The van der Waals surface area contributed by atoms with Crippen LogP contribution in [0.2, 0.25) is 0 Å². The maximum Gasteiger partial charge on any atom is 0.422 e. The van der Waals surface area contributed by atoms with Crippen molar-refractivity contribution < 1.29 is 36.8 Å². The van der Waals surface area contributed by atoms with Crippen molar-refractivity contribution in [2.24, 2.45) is 0 Å². The molecule has 0 unspecified atom stereocenters. The van der Waals surface area contributed by atoms with E-state index in [0.717, 1.165) is 16.7 Å². The molecule has 150 valence electrons. The summed E-state index contributed by atoms with van der Waals surface area (Å²) < 4.78 is 62.0. The number of anilines is 1. The van der Waals surface area contributed by atoms with E-state index in [0.29, 0.717) is 0 Å². The van der Waals surface area contributed by atoms with Crippen LogP contribution in [-0.2, 0) is 11.2 Å². The van der Waals surface area contributed by atoms with Crippen LogP contribution >= 0.6 is 0 Å². The minimum atomic E-state index is -4.62. The number of carbonyl (C=O) groups is 1. The number of H-pyrrole nitrogens is 1. The van der Waals surface area contributed by atoms with Gasteiger partial charge in [0.05, 0.1) is 12.5 Å². The molecule has 0 radical (unpaired) electrons.